The van der Waals surface area contributed by atoms with E-state index in [9.17, 15) is 0 Å². The Bertz CT molecular complexity index is 893. The van der Waals surface area contributed by atoms with E-state index in [1.807, 2.05) is 0 Å². The van der Waals surface area contributed by atoms with Crippen molar-refractivity contribution in [3.05, 3.63) is 46.6 Å². The molecule has 352 valence electrons. The molecule has 0 saturated carbocycles. The minimum Gasteiger partial charge on any atom is 0 e. The second-order valence-corrected chi connectivity index (χ2v) is 22.4. The van der Waals surface area contributed by atoms with E-state index in [1.165, 1.54) is 0 Å². The van der Waals surface area contributed by atoms with Crippen LogP contribution in [0.2, 0.25) is 0 Å². The molecule has 0 radical (unpaired) electrons. The fourth-order valence-electron chi connectivity index (χ4n) is 5.66. The summed E-state index contributed by atoms with van der Waals surface area (Å²) in [4.78, 5) is 0. The quantitative estimate of drug-likeness (QED) is 0.0863. The van der Waals surface area contributed by atoms with Gasteiger partial charge in [0, 0.05) is 95.1 Å². The fourth-order valence-corrected chi connectivity index (χ4v) is 17.1. The van der Waals surface area contributed by atoms with Gasteiger partial charge >= 0.3 is 79.1 Å². The van der Waals surface area contributed by atoms with Crippen molar-refractivity contribution in [1.29, 1.82) is 0 Å². The Morgan fingerprint density at radius 3 is 0.344 bits per heavy atom. The minimum atomic E-state index is -1.58. The van der Waals surface area contributed by atoms with E-state index in [0.717, 1.165) is 0 Å². The summed E-state index contributed by atoms with van der Waals surface area (Å²) in [5, 5.41) is 0. The van der Waals surface area contributed by atoms with Crippen LogP contribution in [0.25, 0.3) is 0 Å². The predicted octanol–water partition coefficient (Wildman–Crippen LogP) is 11.5. The summed E-state index contributed by atoms with van der Waals surface area (Å²) in [5.74, 6) is 0. The van der Waals surface area contributed by atoms with Crippen molar-refractivity contribution in [3.63, 3.8) is 0 Å². The first kappa shape index (κ1) is 82.1. The van der Waals surface area contributed by atoms with Crippen LogP contribution in [0, 0.1) is 46.6 Å². The molecule has 0 aromatic carbocycles. The molecule has 0 N–H and O–H groups in total. The number of nitrogens with zero attached hydrogens (tertiary/aromatic N) is 5. The first-order valence-corrected chi connectivity index (χ1v) is 24.0. The van der Waals surface area contributed by atoms with E-state index in [0.29, 0.717) is 0 Å². The Morgan fingerprint density at radius 1 is 0.230 bits per heavy atom. The van der Waals surface area contributed by atoms with Gasteiger partial charge in [0.1, 0.15) is 0 Å². The number of hydrogen-bond acceptors (Lipinski definition) is 10. The molecule has 1 rings (SSSR count). The Hall–Kier alpha value is 0.995. The Morgan fingerprint density at radius 2 is 0.295 bits per heavy atom. The summed E-state index contributed by atoms with van der Waals surface area (Å²) >= 11 is 0. The minimum absolute atomic E-state index is 0. The van der Waals surface area contributed by atoms with Gasteiger partial charge in [0.05, 0.1) is 0 Å². The van der Waals surface area contributed by atoms with Gasteiger partial charge in [0.2, 0.25) is 0 Å². The second kappa shape index (κ2) is 50.4. The molecule has 1 fully saturated rings. The SMILES string of the molecule is CC(C)N(C(C)C)P1OP(N(C(C)C)C(C)C)OP(N(C(C)C)C(C)C)OP(N(C(C)C)C(C)C)OP(N(C(C)C)C(C)C)O1.[C-]#[O+].[C-]#[O+].[C-]#[O+].[C-]#[O+].[C-]#[O+].[C-]#[O+].[C-]#[O+].[Cr].[Cr]. The van der Waals surface area contributed by atoms with E-state index in [1.54, 1.807) is 0 Å². The Kier molecular flexibility index (Phi) is 67.9. The Balaban J connectivity index is -0.000000218. The third-order valence-electron chi connectivity index (χ3n) is 6.93. The van der Waals surface area contributed by atoms with Gasteiger partial charge in [-0.3, -0.25) is 21.6 Å². The van der Waals surface area contributed by atoms with Gasteiger partial charge < -0.3 is 0 Å². The first-order chi connectivity index (χ1) is 27.6. The van der Waals surface area contributed by atoms with Crippen LogP contribution in [0.1, 0.15) is 138 Å². The molecule has 1 aliphatic rings. The summed E-state index contributed by atoms with van der Waals surface area (Å²) in [6, 6.07) is 1.91. The first-order valence-electron chi connectivity index (χ1n) is 18.4. The molecule has 0 aromatic heterocycles. The molecule has 17 nitrogen and oxygen atoms in total. The number of rotatable bonds is 15. The van der Waals surface area contributed by atoms with Crippen LogP contribution in [-0.2, 0) is 88.8 Å². The molecule has 0 amide bonds. The molecule has 0 atom stereocenters. The normalized spacial score (nSPS) is 18.7. The van der Waals surface area contributed by atoms with Crippen molar-refractivity contribution in [2.45, 2.75) is 199 Å². The Labute approximate surface area is 398 Å². The molecule has 1 saturated heterocycles. The van der Waals surface area contributed by atoms with Crippen molar-refractivity contribution in [2.24, 2.45) is 0 Å². The van der Waals surface area contributed by atoms with Gasteiger partial charge in [0.25, 0.3) is 42.6 Å². The monoisotopic (exact) mass is 1040 g/mol. The van der Waals surface area contributed by atoms with E-state index in [2.05, 4.69) is 208 Å². The maximum absolute atomic E-state index is 7.50. The third kappa shape index (κ3) is 32.4. The second-order valence-electron chi connectivity index (χ2n) is 14.4. The van der Waals surface area contributed by atoms with Crippen molar-refractivity contribution >= 4 is 42.6 Å². The maximum atomic E-state index is 7.50. The molecular formula is C37H70Cr2N5O12P5. The molecule has 24 heteroatoms. The average Bonchev–Trinajstić information content (AvgIpc) is 3.15. The zero-order chi connectivity index (χ0) is 49.1. The molecule has 61 heavy (non-hydrogen) atoms. The molecular weight excluding hydrogens is 965 g/mol. The zero-order valence-corrected chi connectivity index (χ0v) is 46.5. The summed E-state index contributed by atoms with van der Waals surface area (Å²) in [5.41, 5.74) is 0. The van der Waals surface area contributed by atoms with Gasteiger partial charge in [-0.05, 0) is 138 Å². The zero-order valence-electron chi connectivity index (χ0n) is 39.5. The van der Waals surface area contributed by atoms with Crippen molar-refractivity contribution < 1.29 is 88.8 Å². The molecule has 0 unspecified atom stereocenters. The van der Waals surface area contributed by atoms with Gasteiger partial charge in [-0.2, -0.15) is 0 Å². The van der Waals surface area contributed by atoms with Crippen molar-refractivity contribution in [3.8, 4) is 0 Å². The molecule has 0 bridgehead atoms. The molecule has 1 heterocycles. The molecule has 0 aliphatic carbocycles. The van der Waals surface area contributed by atoms with Crippen LogP contribution in [0.15, 0.2) is 0 Å². The van der Waals surface area contributed by atoms with E-state index < -0.39 is 42.6 Å². The molecule has 0 spiro atoms. The smallest absolute Gasteiger partial charge is 0 e. The van der Waals surface area contributed by atoms with Crippen molar-refractivity contribution in [1.82, 2.24) is 23.4 Å². The summed E-state index contributed by atoms with van der Waals surface area (Å²) in [6.07, 6.45) is 0. The van der Waals surface area contributed by atoms with Crippen LogP contribution in [0.3, 0.4) is 0 Å². The van der Waals surface area contributed by atoms with Crippen LogP contribution in [0.4, 0.5) is 0 Å². The van der Waals surface area contributed by atoms with E-state index in [4.69, 9.17) is 54.1 Å². The standard InChI is InChI=1S/C30H70N5O5P5.7CO.2Cr/c1-21(2)31(22(3)4)41-36-42(32(23(5)6)24(7)8)38-44(34(27(13)14)28(15)16)40-45(35(29(17)18)30(19)20)39-43(37-41)33(25(9)10)26(11)12;7*1-2;;/h21-30H,1-20H3;;;;;;;;;. The topological polar surface area (TPSA) is 202 Å². The molecule has 0 aromatic rings. The third-order valence-corrected chi connectivity index (χ3v) is 19.0. The maximum Gasteiger partial charge on any atom is 0 e. The molecule has 1 aliphatic heterocycles. The van der Waals surface area contributed by atoms with E-state index >= 15 is 0 Å². The van der Waals surface area contributed by atoms with Crippen LogP contribution in [0.5, 0.6) is 0 Å². The van der Waals surface area contributed by atoms with Gasteiger partial charge in [0.15, 0.2) is 0 Å². The summed E-state index contributed by atoms with van der Waals surface area (Å²) in [6.45, 7) is 75.8. The van der Waals surface area contributed by atoms with Crippen LogP contribution in [-0.4, -0.2) is 83.8 Å². The number of hydrogen-bond donors (Lipinski definition) is 0. The van der Waals surface area contributed by atoms with Gasteiger partial charge in [-0.1, -0.05) is 0 Å². The largest absolute Gasteiger partial charge is 0 e. The van der Waals surface area contributed by atoms with Crippen molar-refractivity contribution in [2.75, 3.05) is 0 Å². The van der Waals surface area contributed by atoms with E-state index in [-0.39, 0.29) is 95.1 Å². The fraction of sp³-hybridized carbons (Fsp3) is 0.811. The summed E-state index contributed by atoms with van der Waals surface area (Å²) in [7, 11) is -7.91. The van der Waals surface area contributed by atoms with Gasteiger partial charge in [-0.15, -0.1) is 0 Å². The summed E-state index contributed by atoms with van der Waals surface area (Å²) < 4.78 is 100. The average molecular weight is 1040 g/mol. The van der Waals surface area contributed by atoms with Gasteiger partial charge in [-0.25, -0.2) is 23.4 Å². The predicted molar refractivity (Wildman–Crippen MR) is 228 cm³/mol. The van der Waals surface area contributed by atoms with Crippen LogP contribution >= 0.6 is 42.6 Å². The van der Waals surface area contributed by atoms with Crippen LogP contribution < -0.4 is 0 Å².